The Labute approximate surface area is 216 Å². The smallest absolute Gasteiger partial charge is 0.335 e. The summed E-state index contributed by atoms with van der Waals surface area (Å²) >= 11 is 0. The minimum atomic E-state index is -2.27. The lowest BCUT2D eigenvalue weighted by Gasteiger charge is -2.34. The van der Waals surface area contributed by atoms with Crippen molar-refractivity contribution < 1.29 is 44.3 Å². The van der Waals surface area contributed by atoms with Crippen molar-refractivity contribution in [1.82, 2.24) is 9.80 Å². The summed E-state index contributed by atoms with van der Waals surface area (Å²) in [6.07, 6.45) is 1.48. The second-order valence-electron chi connectivity index (χ2n) is 9.30. The standard InChI is InChI=1S/C22H32N2O3.C4H6O6/c1-17(2)23-10-8-20(9-11-23)27-21-6-4-19(18(3)16-21)5-7-22(25)24-12-14-26-15-13-24;5-1(3(7)8)2(6)4(9)10/h4-7,16-17,20H,8-15H2,1-3H3;1-2,5-6H,(H,7,8)(H,9,10). The Kier molecular flexibility index (Phi) is 12.0. The molecule has 11 nitrogen and oxygen atoms in total. The number of nitrogens with zero attached hydrogens (tertiary/aromatic N) is 2. The Hall–Kier alpha value is -2.99. The van der Waals surface area contributed by atoms with Gasteiger partial charge >= 0.3 is 11.9 Å². The number of hydrogen-bond donors (Lipinski definition) is 4. The van der Waals surface area contributed by atoms with Gasteiger partial charge < -0.3 is 39.7 Å². The molecule has 2 aliphatic heterocycles. The van der Waals surface area contributed by atoms with Crippen LogP contribution in [0.4, 0.5) is 0 Å². The number of aliphatic carboxylic acids is 2. The molecule has 0 spiro atoms. The molecule has 206 valence electrons. The highest BCUT2D eigenvalue weighted by Gasteiger charge is 2.29. The van der Waals surface area contributed by atoms with Crippen LogP contribution in [0, 0.1) is 6.92 Å². The van der Waals surface area contributed by atoms with E-state index in [-0.39, 0.29) is 5.91 Å². The first-order chi connectivity index (χ1) is 17.5. The van der Waals surface area contributed by atoms with Gasteiger partial charge in [-0.3, -0.25) is 4.79 Å². The van der Waals surface area contributed by atoms with Crippen molar-refractivity contribution in [2.45, 2.75) is 58.0 Å². The molecule has 1 aromatic carbocycles. The fourth-order valence-corrected chi connectivity index (χ4v) is 3.93. The first kappa shape index (κ1) is 30.2. The molecule has 0 bridgehead atoms. The molecule has 2 saturated heterocycles. The van der Waals surface area contributed by atoms with Gasteiger partial charge in [0.2, 0.25) is 5.91 Å². The molecule has 2 aliphatic rings. The van der Waals surface area contributed by atoms with E-state index in [1.54, 1.807) is 6.08 Å². The Morgan fingerprint density at radius 2 is 1.57 bits per heavy atom. The number of ether oxygens (including phenoxy) is 2. The number of aliphatic hydroxyl groups excluding tert-OH is 2. The minimum absolute atomic E-state index is 0.0509. The molecule has 37 heavy (non-hydrogen) atoms. The van der Waals surface area contributed by atoms with Crippen LogP contribution < -0.4 is 4.74 Å². The maximum atomic E-state index is 12.2. The highest BCUT2D eigenvalue weighted by molar-refractivity contribution is 5.92. The lowest BCUT2D eigenvalue weighted by Crippen LogP contribution is -2.41. The van der Waals surface area contributed by atoms with Gasteiger partial charge in [0, 0.05) is 38.3 Å². The zero-order valence-corrected chi connectivity index (χ0v) is 21.6. The van der Waals surface area contributed by atoms with Gasteiger partial charge in [-0.2, -0.15) is 0 Å². The van der Waals surface area contributed by atoms with E-state index in [4.69, 9.17) is 29.9 Å². The van der Waals surface area contributed by atoms with Gasteiger partial charge in [-0.25, -0.2) is 9.59 Å². The summed E-state index contributed by atoms with van der Waals surface area (Å²) in [6, 6.07) is 6.74. The lowest BCUT2D eigenvalue weighted by molar-refractivity contribution is -0.165. The van der Waals surface area contributed by atoms with Crippen molar-refractivity contribution in [3.05, 3.63) is 35.4 Å². The van der Waals surface area contributed by atoms with Crippen LogP contribution in [-0.2, 0) is 19.1 Å². The number of piperidine rings is 1. The normalized spacial score (nSPS) is 18.7. The van der Waals surface area contributed by atoms with Gasteiger partial charge in [0.05, 0.1) is 13.2 Å². The number of rotatable bonds is 8. The van der Waals surface area contributed by atoms with Crippen LogP contribution in [0.5, 0.6) is 5.75 Å². The number of carboxylic acids is 2. The van der Waals surface area contributed by atoms with E-state index in [0.29, 0.717) is 38.4 Å². The fraction of sp³-hybridized carbons (Fsp3) is 0.577. The molecule has 4 N–H and O–H groups in total. The van der Waals surface area contributed by atoms with Crippen molar-refractivity contribution in [3.8, 4) is 5.75 Å². The molecular formula is C26H38N2O9. The first-order valence-corrected chi connectivity index (χ1v) is 12.4. The van der Waals surface area contributed by atoms with Gasteiger partial charge in [-0.15, -0.1) is 0 Å². The molecule has 1 aromatic rings. The van der Waals surface area contributed by atoms with Crippen molar-refractivity contribution in [3.63, 3.8) is 0 Å². The summed E-state index contributed by atoms with van der Waals surface area (Å²) < 4.78 is 11.5. The quantitative estimate of drug-likeness (QED) is 0.363. The molecule has 2 heterocycles. The highest BCUT2D eigenvalue weighted by atomic mass is 16.5. The number of hydrogen-bond acceptors (Lipinski definition) is 8. The van der Waals surface area contributed by atoms with E-state index in [9.17, 15) is 14.4 Å². The summed E-state index contributed by atoms with van der Waals surface area (Å²) in [7, 11) is 0. The Bertz CT molecular complexity index is 918. The number of carbonyl (C=O) groups is 3. The summed E-state index contributed by atoms with van der Waals surface area (Å²) in [5, 5.41) is 32.5. The maximum Gasteiger partial charge on any atom is 0.335 e. The fourth-order valence-electron chi connectivity index (χ4n) is 3.93. The number of aliphatic hydroxyl groups is 2. The van der Waals surface area contributed by atoms with Crippen molar-refractivity contribution >= 4 is 23.9 Å². The Morgan fingerprint density at radius 1 is 1.00 bits per heavy atom. The van der Waals surface area contributed by atoms with Gasteiger partial charge in [-0.05, 0) is 62.9 Å². The van der Waals surface area contributed by atoms with Crippen LogP contribution in [0.15, 0.2) is 24.3 Å². The molecule has 0 radical (unpaired) electrons. The number of morpholine rings is 1. The van der Waals surface area contributed by atoms with Gasteiger partial charge in [0.25, 0.3) is 0 Å². The summed E-state index contributed by atoms with van der Waals surface area (Å²) in [4.78, 5) is 36.1. The zero-order valence-electron chi connectivity index (χ0n) is 21.6. The molecule has 2 fully saturated rings. The number of aryl methyl sites for hydroxylation is 1. The van der Waals surface area contributed by atoms with Crippen LogP contribution in [0.1, 0.15) is 37.8 Å². The Balaban J connectivity index is 0.000000410. The van der Waals surface area contributed by atoms with Crippen LogP contribution in [0.3, 0.4) is 0 Å². The Morgan fingerprint density at radius 3 is 2.05 bits per heavy atom. The third-order valence-corrected chi connectivity index (χ3v) is 6.28. The summed E-state index contributed by atoms with van der Waals surface area (Å²) in [6.45, 7) is 11.4. The zero-order chi connectivity index (χ0) is 27.5. The van der Waals surface area contributed by atoms with E-state index < -0.39 is 24.1 Å². The van der Waals surface area contributed by atoms with E-state index in [2.05, 4.69) is 31.7 Å². The average Bonchev–Trinajstić information content (AvgIpc) is 2.88. The largest absolute Gasteiger partial charge is 0.490 e. The van der Waals surface area contributed by atoms with Crippen molar-refractivity contribution in [1.29, 1.82) is 0 Å². The average molecular weight is 523 g/mol. The molecule has 11 heteroatoms. The van der Waals surface area contributed by atoms with E-state index in [1.165, 1.54) is 0 Å². The van der Waals surface area contributed by atoms with Crippen molar-refractivity contribution in [2.24, 2.45) is 0 Å². The van der Waals surface area contributed by atoms with Gasteiger partial charge in [0.15, 0.2) is 12.2 Å². The molecule has 3 rings (SSSR count). The monoisotopic (exact) mass is 522 g/mol. The number of amides is 1. The summed E-state index contributed by atoms with van der Waals surface area (Å²) in [5.74, 6) is -2.56. The van der Waals surface area contributed by atoms with E-state index in [0.717, 1.165) is 42.8 Å². The topological polar surface area (TPSA) is 157 Å². The van der Waals surface area contributed by atoms with Gasteiger partial charge in [0.1, 0.15) is 11.9 Å². The predicted octanol–water partition coefficient (Wildman–Crippen LogP) is 0.996. The maximum absolute atomic E-state index is 12.2. The molecule has 1 amide bonds. The highest BCUT2D eigenvalue weighted by Crippen LogP contribution is 2.23. The molecular weight excluding hydrogens is 484 g/mol. The van der Waals surface area contributed by atoms with Gasteiger partial charge in [-0.1, -0.05) is 6.07 Å². The second kappa shape index (κ2) is 14.7. The SMILES string of the molecule is Cc1cc(OC2CCN(C(C)C)CC2)ccc1C=CC(=O)N1CCOCC1.O=C(O)C(O)C(O)C(=O)O. The number of carbonyl (C=O) groups excluding carboxylic acids is 1. The number of benzene rings is 1. The third-order valence-electron chi connectivity index (χ3n) is 6.28. The molecule has 0 aromatic heterocycles. The molecule has 2 atom stereocenters. The van der Waals surface area contributed by atoms with Crippen LogP contribution in [0.2, 0.25) is 0 Å². The summed E-state index contributed by atoms with van der Waals surface area (Å²) in [5.41, 5.74) is 2.18. The lowest BCUT2D eigenvalue weighted by atomic mass is 10.1. The number of carboxylic acid groups (broad SMARTS) is 2. The van der Waals surface area contributed by atoms with Crippen LogP contribution >= 0.6 is 0 Å². The molecule has 0 aliphatic carbocycles. The third kappa shape index (κ3) is 9.77. The molecule has 0 saturated carbocycles. The predicted molar refractivity (Wildman–Crippen MR) is 135 cm³/mol. The van der Waals surface area contributed by atoms with Crippen LogP contribution in [0.25, 0.3) is 6.08 Å². The first-order valence-electron chi connectivity index (χ1n) is 12.4. The molecule has 2 unspecified atom stereocenters. The number of likely N-dealkylation sites (tertiary alicyclic amines) is 1. The second-order valence-corrected chi connectivity index (χ2v) is 9.30. The van der Waals surface area contributed by atoms with E-state index in [1.807, 2.05) is 23.1 Å². The minimum Gasteiger partial charge on any atom is -0.490 e. The van der Waals surface area contributed by atoms with Crippen LogP contribution in [-0.4, -0.2) is 112 Å². The van der Waals surface area contributed by atoms with Crippen molar-refractivity contribution in [2.75, 3.05) is 39.4 Å². The van der Waals surface area contributed by atoms with E-state index >= 15 is 0 Å².